The number of benzene rings is 1. The molecule has 1 aliphatic heterocycles. The second kappa shape index (κ2) is 7.42. The van der Waals surface area contributed by atoms with Gasteiger partial charge in [0.05, 0.1) is 12.6 Å². The quantitative estimate of drug-likeness (QED) is 0.869. The molecule has 3 rings (SSSR count). The van der Waals surface area contributed by atoms with Gasteiger partial charge in [-0.2, -0.15) is 0 Å². The molecule has 1 aromatic carbocycles. The fraction of sp³-hybridized carbons (Fsp3) is 0.579. The Balaban J connectivity index is 1.55. The third-order valence-corrected chi connectivity index (χ3v) is 4.66. The van der Waals surface area contributed by atoms with Gasteiger partial charge in [-0.1, -0.05) is 6.07 Å². The van der Waals surface area contributed by atoms with Gasteiger partial charge < -0.3 is 10.1 Å². The van der Waals surface area contributed by atoms with Gasteiger partial charge in [0, 0.05) is 18.4 Å². The zero-order valence-electron chi connectivity index (χ0n) is 15.6. The Morgan fingerprint density at radius 1 is 1.22 bits per heavy atom. The Kier molecular flexibility index (Phi) is 5.37. The number of halogens is 2. The summed E-state index contributed by atoms with van der Waals surface area (Å²) >= 11 is 0. The average molecular weight is 382 g/mol. The Labute approximate surface area is 156 Å². The van der Waals surface area contributed by atoms with Gasteiger partial charge in [-0.15, -0.1) is 0 Å². The van der Waals surface area contributed by atoms with Crippen LogP contribution in [-0.2, 0) is 14.4 Å². The van der Waals surface area contributed by atoms with Crippen LogP contribution in [0.15, 0.2) is 18.2 Å². The predicted molar refractivity (Wildman–Crippen MR) is 92.4 cm³/mol. The van der Waals surface area contributed by atoms with Gasteiger partial charge >= 0.3 is 6.09 Å². The van der Waals surface area contributed by atoms with Crippen LogP contribution in [0.5, 0.6) is 0 Å². The topological polar surface area (TPSA) is 67.9 Å². The van der Waals surface area contributed by atoms with Crippen molar-refractivity contribution >= 4 is 12.0 Å². The van der Waals surface area contributed by atoms with E-state index in [1.54, 1.807) is 20.8 Å². The first-order chi connectivity index (χ1) is 12.6. The summed E-state index contributed by atoms with van der Waals surface area (Å²) in [6.45, 7) is 5.68. The molecular weight excluding hydrogens is 358 g/mol. The fourth-order valence-electron chi connectivity index (χ4n) is 3.30. The van der Waals surface area contributed by atoms with Gasteiger partial charge in [-0.25, -0.2) is 18.6 Å². The first kappa shape index (κ1) is 19.5. The Bertz CT molecular complexity index is 729. The molecule has 0 spiro atoms. The predicted octanol–water partition coefficient (Wildman–Crippen LogP) is 3.47. The highest BCUT2D eigenvalue weighted by molar-refractivity contribution is 5.80. The maximum absolute atomic E-state index is 13.5. The SMILES string of the molecule is CC(C)(C)OC(=O)N[C@H]1C[C@@H](C(=O)N2OCC[C@H]2c2ccc(F)c(F)c2)C1. The van der Waals surface area contributed by atoms with E-state index in [-0.39, 0.29) is 17.9 Å². The summed E-state index contributed by atoms with van der Waals surface area (Å²) in [7, 11) is 0. The molecule has 1 aliphatic carbocycles. The molecule has 2 aliphatic rings. The number of carbonyl (C=O) groups is 2. The minimum atomic E-state index is -0.947. The normalized spacial score (nSPS) is 25.1. The number of hydrogen-bond donors (Lipinski definition) is 1. The highest BCUT2D eigenvalue weighted by Gasteiger charge is 2.42. The molecule has 1 N–H and O–H groups in total. The van der Waals surface area contributed by atoms with E-state index in [0.29, 0.717) is 31.4 Å². The summed E-state index contributed by atoms with van der Waals surface area (Å²) in [4.78, 5) is 29.9. The molecule has 2 fully saturated rings. The second-order valence-corrected chi connectivity index (χ2v) is 7.99. The van der Waals surface area contributed by atoms with E-state index in [0.717, 1.165) is 12.1 Å². The largest absolute Gasteiger partial charge is 0.444 e. The first-order valence-electron chi connectivity index (χ1n) is 9.04. The number of hydroxylamine groups is 2. The van der Waals surface area contributed by atoms with Gasteiger partial charge in [-0.05, 0) is 51.3 Å². The van der Waals surface area contributed by atoms with Crippen LogP contribution in [-0.4, -0.2) is 35.3 Å². The molecule has 8 heteroatoms. The number of hydrogen-bond acceptors (Lipinski definition) is 4. The van der Waals surface area contributed by atoms with Crippen LogP contribution in [0.4, 0.5) is 13.6 Å². The number of amides is 2. The maximum atomic E-state index is 13.5. The third-order valence-electron chi connectivity index (χ3n) is 4.66. The molecule has 27 heavy (non-hydrogen) atoms. The van der Waals surface area contributed by atoms with E-state index in [1.807, 2.05) is 0 Å². The van der Waals surface area contributed by atoms with E-state index in [1.165, 1.54) is 11.1 Å². The van der Waals surface area contributed by atoms with Crippen LogP contribution in [0.1, 0.15) is 51.6 Å². The minimum absolute atomic E-state index is 0.127. The summed E-state index contributed by atoms with van der Waals surface area (Å²) in [5.41, 5.74) is -0.0770. The summed E-state index contributed by atoms with van der Waals surface area (Å²) in [6.07, 6.45) is 0.990. The molecule has 1 saturated heterocycles. The zero-order chi connectivity index (χ0) is 19.8. The lowest BCUT2D eigenvalue weighted by Gasteiger charge is -2.37. The molecule has 1 atom stereocenters. The van der Waals surface area contributed by atoms with E-state index in [2.05, 4.69) is 5.32 Å². The highest BCUT2D eigenvalue weighted by atomic mass is 19.2. The first-order valence-corrected chi connectivity index (χ1v) is 9.04. The highest BCUT2D eigenvalue weighted by Crippen LogP contribution is 2.37. The molecule has 2 amide bonds. The Hall–Kier alpha value is -2.22. The lowest BCUT2D eigenvalue weighted by Crippen LogP contribution is -2.50. The van der Waals surface area contributed by atoms with Crippen molar-refractivity contribution in [1.29, 1.82) is 0 Å². The van der Waals surface area contributed by atoms with Gasteiger partial charge in [0.25, 0.3) is 0 Å². The van der Waals surface area contributed by atoms with E-state index >= 15 is 0 Å². The van der Waals surface area contributed by atoms with E-state index < -0.39 is 29.4 Å². The molecule has 148 valence electrons. The van der Waals surface area contributed by atoms with Gasteiger partial charge in [-0.3, -0.25) is 9.63 Å². The van der Waals surface area contributed by atoms with E-state index in [9.17, 15) is 18.4 Å². The van der Waals surface area contributed by atoms with Gasteiger partial charge in [0.15, 0.2) is 11.6 Å². The van der Waals surface area contributed by atoms with Gasteiger partial charge in [0.1, 0.15) is 5.60 Å². The molecule has 0 bridgehead atoms. The molecule has 6 nitrogen and oxygen atoms in total. The van der Waals surface area contributed by atoms with Gasteiger partial charge in [0.2, 0.25) is 5.91 Å². The fourth-order valence-corrected chi connectivity index (χ4v) is 3.30. The van der Waals surface area contributed by atoms with Crippen LogP contribution in [0.3, 0.4) is 0 Å². The van der Waals surface area contributed by atoms with Crippen LogP contribution in [0.2, 0.25) is 0 Å². The van der Waals surface area contributed by atoms with Crippen molar-refractivity contribution in [3.8, 4) is 0 Å². The lowest BCUT2D eigenvalue weighted by molar-refractivity contribution is -0.185. The average Bonchev–Trinajstić information content (AvgIpc) is 3.00. The summed E-state index contributed by atoms with van der Waals surface area (Å²) in [5, 5.41) is 4.01. The monoisotopic (exact) mass is 382 g/mol. The molecule has 0 unspecified atom stereocenters. The van der Waals surface area contributed by atoms with Crippen molar-refractivity contribution in [2.45, 2.75) is 57.7 Å². The lowest BCUT2D eigenvalue weighted by atomic mass is 9.79. The van der Waals surface area contributed by atoms with Crippen molar-refractivity contribution in [2.75, 3.05) is 6.61 Å². The van der Waals surface area contributed by atoms with Crippen molar-refractivity contribution in [2.24, 2.45) is 5.92 Å². The van der Waals surface area contributed by atoms with Crippen molar-refractivity contribution in [1.82, 2.24) is 10.4 Å². The third kappa shape index (κ3) is 4.55. The van der Waals surface area contributed by atoms with Crippen molar-refractivity contribution in [3.05, 3.63) is 35.4 Å². The number of alkyl carbamates (subject to hydrolysis) is 1. The molecule has 0 aromatic heterocycles. The second-order valence-electron chi connectivity index (χ2n) is 7.99. The Morgan fingerprint density at radius 3 is 2.56 bits per heavy atom. The zero-order valence-corrected chi connectivity index (χ0v) is 15.6. The molecule has 0 radical (unpaired) electrons. The number of rotatable bonds is 3. The Morgan fingerprint density at radius 2 is 1.93 bits per heavy atom. The maximum Gasteiger partial charge on any atom is 0.407 e. The molecule has 1 heterocycles. The van der Waals surface area contributed by atoms with Crippen LogP contribution < -0.4 is 5.32 Å². The number of nitrogens with zero attached hydrogens (tertiary/aromatic N) is 1. The van der Waals surface area contributed by atoms with Crippen molar-refractivity contribution < 1.29 is 27.9 Å². The smallest absolute Gasteiger partial charge is 0.407 e. The standard InChI is InChI=1S/C19H24F2N2O4/c1-19(2,3)27-18(25)22-13-8-12(9-13)17(24)23-16(6-7-26-23)11-4-5-14(20)15(21)10-11/h4-5,10,12-13,16H,6-9H2,1-3H3,(H,22,25)/t12-,13+,16-/m0/s1. The molecule has 1 aromatic rings. The van der Waals surface area contributed by atoms with Crippen LogP contribution >= 0.6 is 0 Å². The minimum Gasteiger partial charge on any atom is -0.444 e. The molecule has 1 saturated carbocycles. The number of nitrogens with one attached hydrogen (secondary N) is 1. The summed E-state index contributed by atoms with van der Waals surface area (Å²) in [6, 6.07) is 3.05. The number of ether oxygens (including phenoxy) is 1. The van der Waals surface area contributed by atoms with Crippen LogP contribution in [0.25, 0.3) is 0 Å². The van der Waals surface area contributed by atoms with Crippen LogP contribution in [0, 0.1) is 17.6 Å². The van der Waals surface area contributed by atoms with E-state index in [4.69, 9.17) is 9.57 Å². The van der Waals surface area contributed by atoms with Crippen molar-refractivity contribution in [3.63, 3.8) is 0 Å². The summed E-state index contributed by atoms with van der Waals surface area (Å²) < 4.78 is 31.9. The summed E-state index contributed by atoms with van der Waals surface area (Å²) in [5.74, 6) is -2.36. The molecular formula is C19H24F2N2O4. The number of carbonyl (C=O) groups excluding carboxylic acids is 2.